The number of nitrogens with zero attached hydrogens (tertiary/aromatic N) is 5. The fraction of sp³-hybridized carbons (Fsp3) is 0.667. The molecule has 1 N–H and O–H groups in total. The van der Waals surface area contributed by atoms with Crippen LogP contribution >= 0.6 is 0 Å². The molecule has 1 aromatic carbocycles. The minimum absolute atomic E-state index is 0.0415. The number of hydrogen-bond acceptors (Lipinski definition) is 9. The summed E-state index contributed by atoms with van der Waals surface area (Å²) in [7, 11) is -3.22. The zero-order chi connectivity index (χ0) is 32.5. The monoisotopic (exact) mass is 658 g/mol. The predicted molar refractivity (Wildman–Crippen MR) is 173 cm³/mol. The molecule has 1 aliphatic carbocycles. The SMILES string of the molecule is CCN(C(=O)c1cc(F)ccc1Oc1cncnc1N1CC2(CCN(C[C@@H]3CC[C@@H](NS(=O)(=O)C4CCC4)CO3)CC2)C1)C(C)C. The lowest BCUT2D eigenvalue weighted by atomic mass is 9.72. The fourth-order valence-corrected chi connectivity index (χ4v) is 8.97. The van der Waals surface area contributed by atoms with Crippen LogP contribution in [0, 0.1) is 11.2 Å². The first-order valence-electron chi connectivity index (χ1n) is 16.7. The molecule has 3 aliphatic heterocycles. The van der Waals surface area contributed by atoms with Gasteiger partial charge in [-0.3, -0.25) is 4.79 Å². The molecular formula is C33H47FN6O5S. The minimum Gasteiger partial charge on any atom is -0.451 e. The van der Waals surface area contributed by atoms with Crippen LogP contribution in [0.3, 0.4) is 0 Å². The van der Waals surface area contributed by atoms with E-state index in [1.54, 1.807) is 11.1 Å². The number of nitrogens with one attached hydrogen (secondary N) is 1. The molecule has 11 nitrogen and oxygen atoms in total. The molecule has 1 saturated carbocycles. The topological polar surface area (TPSA) is 117 Å². The highest BCUT2D eigenvalue weighted by atomic mass is 32.2. The number of carbonyl (C=O) groups excluding carboxylic acids is 1. The van der Waals surface area contributed by atoms with E-state index in [2.05, 4.69) is 24.5 Å². The Hall–Kier alpha value is -2.87. The van der Waals surface area contributed by atoms with Crippen LogP contribution in [-0.2, 0) is 14.8 Å². The van der Waals surface area contributed by atoms with E-state index in [0.29, 0.717) is 24.7 Å². The minimum atomic E-state index is -3.22. The Bertz CT molecular complexity index is 1480. The lowest BCUT2D eigenvalue weighted by Crippen LogP contribution is -2.61. The molecule has 46 heavy (non-hydrogen) atoms. The van der Waals surface area contributed by atoms with E-state index in [-0.39, 0.29) is 46.1 Å². The largest absolute Gasteiger partial charge is 0.451 e. The molecule has 0 unspecified atom stereocenters. The molecule has 4 heterocycles. The first kappa shape index (κ1) is 33.0. The van der Waals surface area contributed by atoms with Gasteiger partial charge < -0.3 is 24.2 Å². The van der Waals surface area contributed by atoms with Crippen LogP contribution in [-0.4, -0.2) is 103 Å². The summed E-state index contributed by atoms with van der Waals surface area (Å²) in [6.45, 7) is 11.2. The summed E-state index contributed by atoms with van der Waals surface area (Å²) >= 11 is 0. The van der Waals surface area contributed by atoms with E-state index in [4.69, 9.17) is 9.47 Å². The van der Waals surface area contributed by atoms with Crippen molar-refractivity contribution in [1.82, 2.24) is 24.5 Å². The van der Waals surface area contributed by atoms with Gasteiger partial charge in [-0.05, 0) is 90.6 Å². The molecule has 0 radical (unpaired) electrons. The van der Waals surface area contributed by atoms with Crippen molar-refractivity contribution < 1.29 is 27.1 Å². The summed E-state index contributed by atoms with van der Waals surface area (Å²) in [5.74, 6) is 0.594. The molecule has 0 bridgehead atoms. The maximum Gasteiger partial charge on any atom is 0.257 e. The van der Waals surface area contributed by atoms with E-state index in [1.165, 1.54) is 24.5 Å². The highest BCUT2D eigenvalue weighted by Crippen LogP contribution is 2.45. The number of amides is 1. The van der Waals surface area contributed by atoms with E-state index in [1.807, 2.05) is 20.8 Å². The maximum absolute atomic E-state index is 14.3. The Balaban J connectivity index is 1.01. The van der Waals surface area contributed by atoms with Gasteiger partial charge >= 0.3 is 0 Å². The van der Waals surface area contributed by atoms with E-state index < -0.39 is 15.8 Å². The predicted octanol–water partition coefficient (Wildman–Crippen LogP) is 4.20. The molecule has 4 fully saturated rings. The second kappa shape index (κ2) is 13.7. The second-order valence-corrected chi connectivity index (χ2v) is 15.7. The third-order valence-electron chi connectivity index (χ3n) is 10.2. The number of anilines is 1. The average molecular weight is 659 g/mol. The summed E-state index contributed by atoms with van der Waals surface area (Å²) in [5, 5.41) is -0.221. The summed E-state index contributed by atoms with van der Waals surface area (Å²) < 4.78 is 54.4. The fourth-order valence-electron chi connectivity index (χ4n) is 7.17. The van der Waals surface area contributed by atoms with Crippen LogP contribution in [0.1, 0.15) is 76.1 Å². The van der Waals surface area contributed by atoms with Gasteiger partial charge in [0.25, 0.3) is 5.91 Å². The standard InChI is InChI=1S/C33H47FN6O5S/c1-4-40(23(2)3)32(41)28-16-24(34)8-11-29(28)45-30-17-35-22-36-31(30)39-20-33(21-39)12-14-38(15-13-33)18-26-10-9-25(19-44-26)37-46(42,43)27-6-5-7-27/h8,11,16-17,22-23,25-27,37H,4-7,9-10,12-15,18-21H2,1-3H3/t25-,26+/m1/s1. The van der Waals surface area contributed by atoms with Crippen molar-refractivity contribution in [2.45, 2.75) is 89.2 Å². The molecule has 3 saturated heterocycles. The van der Waals surface area contributed by atoms with Crippen LogP contribution in [0.2, 0.25) is 0 Å². The van der Waals surface area contributed by atoms with Crippen LogP contribution in [0.5, 0.6) is 11.5 Å². The molecule has 1 spiro atoms. The lowest BCUT2D eigenvalue weighted by Gasteiger charge is -2.54. The number of likely N-dealkylation sites (tertiary alicyclic amines) is 1. The van der Waals surface area contributed by atoms with Crippen molar-refractivity contribution in [2.24, 2.45) is 5.41 Å². The molecule has 1 aromatic heterocycles. The van der Waals surface area contributed by atoms with Crippen molar-refractivity contribution in [1.29, 1.82) is 0 Å². The molecule has 13 heteroatoms. The van der Waals surface area contributed by atoms with E-state index in [9.17, 15) is 17.6 Å². The van der Waals surface area contributed by atoms with Crippen LogP contribution in [0.15, 0.2) is 30.7 Å². The molecule has 4 aliphatic rings. The zero-order valence-corrected chi connectivity index (χ0v) is 28.0. The van der Waals surface area contributed by atoms with Gasteiger partial charge in [-0.15, -0.1) is 0 Å². The number of rotatable bonds is 11. The van der Waals surface area contributed by atoms with Gasteiger partial charge in [-0.25, -0.2) is 27.5 Å². The van der Waals surface area contributed by atoms with Crippen molar-refractivity contribution in [2.75, 3.05) is 50.8 Å². The van der Waals surface area contributed by atoms with Crippen LogP contribution in [0.4, 0.5) is 10.2 Å². The Morgan fingerprint density at radius 1 is 1.17 bits per heavy atom. The Morgan fingerprint density at radius 2 is 1.93 bits per heavy atom. The van der Waals surface area contributed by atoms with Crippen LogP contribution in [0.25, 0.3) is 0 Å². The molecule has 2 atom stereocenters. The van der Waals surface area contributed by atoms with Gasteiger partial charge in [0, 0.05) is 43.7 Å². The number of benzene rings is 1. The highest BCUT2D eigenvalue weighted by molar-refractivity contribution is 7.90. The van der Waals surface area contributed by atoms with Crippen LogP contribution < -0.4 is 14.4 Å². The number of ether oxygens (including phenoxy) is 2. The normalized spacial score (nSPS) is 23.6. The van der Waals surface area contributed by atoms with Gasteiger partial charge in [0.1, 0.15) is 17.9 Å². The zero-order valence-electron chi connectivity index (χ0n) is 27.2. The number of halogens is 1. The number of carbonyl (C=O) groups is 1. The average Bonchev–Trinajstić information content (AvgIpc) is 2.97. The van der Waals surface area contributed by atoms with E-state index >= 15 is 0 Å². The first-order valence-corrected chi connectivity index (χ1v) is 18.3. The summed E-state index contributed by atoms with van der Waals surface area (Å²) in [6, 6.07) is 3.85. The van der Waals surface area contributed by atoms with E-state index in [0.717, 1.165) is 77.7 Å². The summed E-state index contributed by atoms with van der Waals surface area (Å²) in [4.78, 5) is 28.4. The second-order valence-electron chi connectivity index (χ2n) is 13.7. The van der Waals surface area contributed by atoms with Gasteiger partial charge in [-0.1, -0.05) is 6.42 Å². The Morgan fingerprint density at radius 3 is 2.57 bits per heavy atom. The lowest BCUT2D eigenvalue weighted by molar-refractivity contribution is -0.0299. The Labute approximate surface area is 271 Å². The quantitative estimate of drug-likeness (QED) is 0.379. The Kier molecular flexibility index (Phi) is 9.84. The number of hydrogen-bond donors (Lipinski definition) is 1. The van der Waals surface area contributed by atoms with Gasteiger partial charge in [0.05, 0.1) is 29.7 Å². The molecule has 1 amide bonds. The molecule has 2 aromatic rings. The molecule has 6 rings (SSSR count). The van der Waals surface area contributed by atoms with Crippen molar-refractivity contribution in [3.63, 3.8) is 0 Å². The first-order chi connectivity index (χ1) is 22.1. The maximum atomic E-state index is 14.3. The molecule has 252 valence electrons. The van der Waals surface area contributed by atoms with Gasteiger partial charge in [0.2, 0.25) is 10.0 Å². The number of piperidine rings is 1. The summed E-state index contributed by atoms with van der Waals surface area (Å²) in [5.41, 5.74) is 0.373. The van der Waals surface area contributed by atoms with Gasteiger partial charge in [0.15, 0.2) is 11.6 Å². The summed E-state index contributed by atoms with van der Waals surface area (Å²) in [6.07, 6.45) is 9.57. The van der Waals surface area contributed by atoms with Gasteiger partial charge in [-0.2, -0.15) is 0 Å². The smallest absolute Gasteiger partial charge is 0.257 e. The third kappa shape index (κ3) is 7.17. The van der Waals surface area contributed by atoms with Crippen molar-refractivity contribution in [3.8, 4) is 11.5 Å². The number of aromatic nitrogens is 2. The highest BCUT2D eigenvalue weighted by Gasteiger charge is 2.46. The third-order valence-corrected chi connectivity index (χ3v) is 12.2. The molecular weight excluding hydrogens is 611 g/mol. The number of sulfonamides is 1. The van der Waals surface area contributed by atoms with Crippen molar-refractivity contribution >= 4 is 21.7 Å². The van der Waals surface area contributed by atoms with Crippen molar-refractivity contribution in [3.05, 3.63) is 42.1 Å².